The Kier molecular flexibility index (Phi) is 6.47. The summed E-state index contributed by atoms with van der Waals surface area (Å²) < 4.78 is 0. The van der Waals surface area contributed by atoms with E-state index in [-0.39, 0.29) is 23.8 Å². The number of oxime groups is 1. The minimum atomic E-state index is -0.124. The van der Waals surface area contributed by atoms with E-state index < -0.39 is 0 Å². The molecular formula is C21H22N6O2. The molecule has 0 radical (unpaired) electrons. The average molecular weight is 390 g/mol. The first-order valence-electron chi connectivity index (χ1n) is 9.07. The third-order valence-electron chi connectivity index (χ3n) is 3.91. The number of benzene rings is 1. The van der Waals surface area contributed by atoms with Crippen molar-refractivity contribution in [2.75, 3.05) is 11.1 Å². The highest BCUT2D eigenvalue weighted by Gasteiger charge is 2.10. The summed E-state index contributed by atoms with van der Waals surface area (Å²) in [7, 11) is 0. The number of pyridine rings is 1. The Balaban J connectivity index is 1.61. The second-order valence-corrected chi connectivity index (χ2v) is 6.58. The van der Waals surface area contributed by atoms with Crippen LogP contribution in [0.2, 0.25) is 0 Å². The number of nitrogens with zero attached hydrogens (tertiary/aromatic N) is 4. The summed E-state index contributed by atoms with van der Waals surface area (Å²) in [6, 6.07) is 11.5. The molecule has 0 saturated heterocycles. The zero-order chi connectivity index (χ0) is 20.6. The molecule has 0 aliphatic heterocycles. The minimum Gasteiger partial charge on any atom is -0.382 e. The monoisotopic (exact) mass is 390 g/mol. The van der Waals surface area contributed by atoms with Crippen molar-refractivity contribution in [2.24, 2.45) is 5.16 Å². The third-order valence-corrected chi connectivity index (χ3v) is 3.91. The molecular weight excluding hydrogens is 368 g/mol. The number of nitrogens with two attached hydrogens (primary N) is 1. The lowest BCUT2D eigenvalue weighted by atomic mass is 10.0. The Labute approximate surface area is 168 Å². The van der Waals surface area contributed by atoms with Crippen LogP contribution in [0.3, 0.4) is 0 Å². The van der Waals surface area contributed by atoms with Crippen molar-refractivity contribution < 1.29 is 9.63 Å². The Morgan fingerprint density at radius 3 is 2.66 bits per heavy atom. The summed E-state index contributed by atoms with van der Waals surface area (Å²) in [5.74, 6) is 0.566. The predicted octanol–water partition coefficient (Wildman–Crippen LogP) is 3.27. The highest BCUT2D eigenvalue weighted by Crippen LogP contribution is 2.16. The molecule has 0 unspecified atom stereocenters. The van der Waals surface area contributed by atoms with Crippen LogP contribution >= 0.6 is 0 Å². The van der Waals surface area contributed by atoms with Gasteiger partial charge in [0.1, 0.15) is 11.5 Å². The Hall–Kier alpha value is -3.81. The molecule has 3 rings (SSSR count). The number of carbonyl (C=O) groups excluding carboxylic acids is 1. The third kappa shape index (κ3) is 5.83. The average Bonchev–Trinajstić information content (AvgIpc) is 2.72. The second kappa shape index (κ2) is 9.41. The SMILES string of the molecule is CC(C)=NOc1cnc(C(=O)Cc2cccc(CNc3cccnc3N)c2)cn1. The molecule has 0 saturated carbocycles. The fraction of sp³-hybridized carbons (Fsp3) is 0.190. The largest absolute Gasteiger partial charge is 0.382 e. The second-order valence-electron chi connectivity index (χ2n) is 6.58. The first kappa shape index (κ1) is 19.9. The van der Waals surface area contributed by atoms with Gasteiger partial charge in [-0.2, -0.15) is 0 Å². The van der Waals surface area contributed by atoms with Crippen LogP contribution in [0, 0.1) is 0 Å². The van der Waals surface area contributed by atoms with Crippen molar-refractivity contribution in [1.82, 2.24) is 15.0 Å². The van der Waals surface area contributed by atoms with Crippen LogP contribution in [0.1, 0.15) is 35.5 Å². The van der Waals surface area contributed by atoms with Crippen LogP contribution in [0.15, 0.2) is 60.1 Å². The maximum absolute atomic E-state index is 12.5. The zero-order valence-electron chi connectivity index (χ0n) is 16.3. The number of hydrogen-bond acceptors (Lipinski definition) is 8. The van der Waals surface area contributed by atoms with Gasteiger partial charge >= 0.3 is 0 Å². The van der Waals surface area contributed by atoms with Gasteiger partial charge in [0.05, 0.1) is 23.8 Å². The molecule has 148 valence electrons. The number of nitrogens with one attached hydrogen (secondary N) is 1. The molecule has 0 amide bonds. The van der Waals surface area contributed by atoms with Crippen molar-refractivity contribution in [3.8, 4) is 5.88 Å². The summed E-state index contributed by atoms with van der Waals surface area (Å²) >= 11 is 0. The number of Topliss-reactive ketones (excluding diaryl/α,β-unsaturated/α-hetero) is 1. The lowest BCUT2D eigenvalue weighted by Crippen LogP contribution is -2.08. The number of anilines is 2. The van der Waals surface area contributed by atoms with Gasteiger partial charge in [-0.15, -0.1) is 0 Å². The molecule has 0 fully saturated rings. The molecule has 0 atom stereocenters. The highest BCUT2D eigenvalue weighted by molar-refractivity contribution is 5.95. The van der Waals surface area contributed by atoms with Gasteiger partial charge in [0.15, 0.2) is 5.78 Å². The number of hydrogen-bond donors (Lipinski definition) is 2. The summed E-state index contributed by atoms with van der Waals surface area (Å²) in [5.41, 5.74) is 9.57. The first-order valence-corrected chi connectivity index (χ1v) is 9.07. The minimum absolute atomic E-state index is 0.124. The molecule has 0 aliphatic rings. The molecule has 3 aromatic rings. The van der Waals surface area contributed by atoms with Crippen LogP contribution in [0.5, 0.6) is 5.88 Å². The van der Waals surface area contributed by atoms with E-state index in [1.54, 1.807) is 20.0 Å². The quantitative estimate of drug-likeness (QED) is 0.344. The molecule has 0 aliphatic carbocycles. The fourth-order valence-electron chi connectivity index (χ4n) is 2.54. The Morgan fingerprint density at radius 2 is 1.93 bits per heavy atom. The number of carbonyl (C=O) groups is 1. The Morgan fingerprint density at radius 1 is 1.10 bits per heavy atom. The van der Waals surface area contributed by atoms with Crippen LogP contribution < -0.4 is 15.9 Å². The van der Waals surface area contributed by atoms with Gasteiger partial charge in [0.2, 0.25) is 0 Å². The number of nitrogen functional groups attached to an aromatic ring is 1. The van der Waals surface area contributed by atoms with Crippen molar-refractivity contribution >= 4 is 23.0 Å². The number of aromatic nitrogens is 3. The van der Waals surface area contributed by atoms with E-state index in [1.165, 1.54) is 12.4 Å². The molecule has 2 aromatic heterocycles. The molecule has 0 bridgehead atoms. The molecule has 1 aromatic carbocycles. The smallest absolute Gasteiger partial charge is 0.267 e. The molecule has 3 N–H and O–H groups in total. The van der Waals surface area contributed by atoms with Gasteiger partial charge in [-0.3, -0.25) is 4.79 Å². The van der Waals surface area contributed by atoms with E-state index in [0.717, 1.165) is 22.5 Å². The van der Waals surface area contributed by atoms with Crippen LogP contribution in [-0.4, -0.2) is 26.4 Å². The van der Waals surface area contributed by atoms with Crippen molar-refractivity contribution in [1.29, 1.82) is 0 Å². The summed E-state index contributed by atoms with van der Waals surface area (Å²) in [4.78, 5) is 29.8. The summed E-state index contributed by atoms with van der Waals surface area (Å²) in [6.45, 7) is 4.18. The van der Waals surface area contributed by atoms with E-state index in [1.807, 2.05) is 36.4 Å². The van der Waals surface area contributed by atoms with E-state index in [4.69, 9.17) is 10.6 Å². The molecule has 0 spiro atoms. The van der Waals surface area contributed by atoms with Gasteiger partial charge < -0.3 is 15.9 Å². The lowest BCUT2D eigenvalue weighted by molar-refractivity contribution is 0.0987. The number of ketones is 1. The van der Waals surface area contributed by atoms with Gasteiger partial charge in [-0.05, 0) is 37.1 Å². The van der Waals surface area contributed by atoms with E-state index in [2.05, 4.69) is 25.4 Å². The normalized spacial score (nSPS) is 10.3. The Bertz CT molecular complexity index is 1010. The van der Waals surface area contributed by atoms with Crippen molar-refractivity contribution in [3.63, 3.8) is 0 Å². The highest BCUT2D eigenvalue weighted by atomic mass is 16.6. The standard InChI is InChI=1S/C21H22N6O2/c1-14(2)27-29-20-13-25-18(12-26-20)19(28)10-15-5-3-6-16(9-15)11-24-17-7-4-8-23-21(17)22/h3-9,12-13,24H,10-11H2,1-2H3,(H2,22,23). The van der Waals surface area contributed by atoms with Crippen LogP contribution in [0.25, 0.3) is 0 Å². The number of rotatable bonds is 8. The van der Waals surface area contributed by atoms with Crippen molar-refractivity contribution in [3.05, 3.63) is 71.8 Å². The fourth-order valence-corrected chi connectivity index (χ4v) is 2.54. The van der Waals surface area contributed by atoms with Gasteiger partial charge in [-0.1, -0.05) is 29.4 Å². The molecule has 8 heteroatoms. The van der Waals surface area contributed by atoms with Crippen LogP contribution in [0.4, 0.5) is 11.5 Å². The van der Waals surface area contributed by atoms with E-state index in [0.29, 0.717) is 12.4 Å². The predicted molar refractivity (Wildman–Crippen MR) is 112 cm³/mol. The van der Waals surface area contributed by atoms with Crippen LogP contribution in [-0.2, 0) is 13.0 Å². The van der Waals surface area contributed by atoms with E-state index >= 15 is 0 Å². The first-order chi connectivity index (χ1) is 14.0. The van der Waals surface area contributed by atoms with Gasteiger partial charge in [-0.25, -0.2) is 15.0 Å². The lowest BCUT2D eigenvalue weighted by Gasteiger charge is -2.09. The molecule has 2 heterocycles. The maximum Gasteiger partial charge on any atom is 0.267 e. The van der Waals surface area contributed by atoms with Crippen molar-refractivity contribution in [2.45, 2.75) is 26.8 Å². The van der Waals surface area contributed by atoms with Gasteiger partial charge in [0.25, 0.3) is 5.88 Å². The molecule has 8 nitrogen and oxygen atoms in total. The summed E-state index contributed by atoms with van der Waals surface area (Å²) in [5, 5.41) is 7.05. The zero-order valence-corrected chi connectivity index (χ0v) is 16.3. The van der Waals surface area contributed by atoms with Gasteiger partial charge in [0, 0.05) is 19.2 Å². The molecule has 29 heavy (non-hydrogen) atoms. The maximum atomic E-state index is 12.5. The summed E-state index contributed by atoms with van der Waals surface area (Å²) in [6.07, 6.45) is 4.66. The van der Waals surface area contributed by atoms with E-state index in [9.17, 15) is 4.79 Å². The topological polar surface area (TPSA) is 115 Å².